The van der Waals surface area contributed by atoms with Gasteiger partial charge in [0.25, 0.3) is 15.2 Å². The van der Waals surface area contributed by atoms with Crippen LogP contribution in [0.2, 0.25) is 10.0 Å². The van der Waals surface area contributed by atoms with Crippen LogP contribution in [-0.4, -0.2) is 11.6 Å². The molecule has 1 nitrogen and oxygen atoms in total. The zero-order valence-electron chi connectivity index (χ0n) is 7.26. The normalized spacial score (nSPS) is 11.1. The van der Waals surface area contributed by atoms with Gasteiger partial charge in [-0.25, -0.2) is 0 Å². The van der Waals surface area contributed by atoms with Gasteiger partial charge in [0.15, 0.2) is 5.52 Å². The Bertz CT molecular complexity index is 483. The summed E-state index contributed by atoms with van der Waals surface area (Å²) in [6.45, 7) is 0. The molecule has 88 valence electrons. The predicted octanol–water partition coefficient (Wildman–Crippen LogP) is 5.25. The van der Waals surface area contributed by atoms with E-state index < -0.39 is 7.25 Å². The van der Waals surface area contributed by atoms with Gasteiger partial charge in [0.2, 0.25) is 0 Å². The summed E-state index contributed by atoms with van der Waals surface area (Å²) in [5, 5.41) is 1.30. The number of rotatable bonds is 0. The average Bonchev–Trinajstić information content (AvgIpc) is 2.47. The van der Waals surface area contributed by atoms with Crippen LogP contribution < -0.4 is 0 Å². The highest BCUT2D eigenvalue weighted by Crippen LogP contribution is 2.31. The topological polar surface area (TPSA) is 12.9 Å². The van der Waals surface area contributed by atoms with E-state index in [-0.39, 0.29) is 0 Å². The Morgan fingerprint density at radius 1 is 1.19 bits per heavy atom. The second-order valence-electron chi connectivity index (χ2n) is 2.48. The second kappa shape index (κ2) is 5.44. The molecule has 0 spiro atoms. The van der Waals surface area contributed by atoms with Crippen LogP contribution in [-0.2, 0) is 0 Å². The summed E-state index contributed by atoms with van der Waals surface area (Å²) in [5.41, 5.74) is 0.853. The first-order chi connectivity index (χ1) is 7.27. The van der Waals surface area contributed by atoms with Crippen LogP contribution in [0.4, 0.5) is 17.3 Å². The smallest absolute Gasteiger partial charge is 0.418 e. The summed E-state index contributed by atoms with van der Waals surface area (Å²) >= 11 is 11.6. The van der Waals surface area contributed by atoms with E-state index in [1.54, 1.807) is 16.4 Å². The number of hydrogen-bond acceptors (Lipinski definition) is 2. The summed E-state index contributed by atoms with van der Waals surface area (Å²) in [5.74, 6) is 0. The molecule has 0 saturated heterocycles. The molecule has 0 aliphatic rings. The van der Waals surface area contributed by atoms with Gasteiger partial charge in [-0.3, -0.25) is 0 Å². The van der Waals surface area contributed by atoms with E-state index in [9.17, 15) is 17.3 Å². The lowest BCUT2D eigenvalue weighted by Crippen LogP contribution is -2.02. The van der Waals surface area contributed by atoms with Gasteiger partial charge >= 0.3 is 17.6 Å². The van der Waals surface area contributed by atoms with Crippen molar-refractivity contribution in [2.24, 2.45) is 0 Å². The van der Waals surface area contributed by atoms with Crippen molar-refractivity contribution in [3.05, 3.63) is 22.2 Å². The Labute approximate surface area is 105 Å². The highest BCUT2D eigenvalue weighted by molar-refractivity contribution is 7.69. The molecule has 0 unspecified atom stereocenters. The summed E-state index contributed by atoms with van der Waals surface area (Å²) in [7, 11) is -3.00. The largest absolute Gasteiger partial charge is 0.673 e. The molecule has 1 aromatic carbocycles. The van der Waals surface area contributed by atoms with Crippen molar-refractivity contribution in [2.45, 2.75) is 0 Å². The number of aromatic nitrogens is 1. The fraction of sp³-hybridized carbons (Fsp3) is 0. The van der Waals surface area contributed by atoms with Gasteiger partial charge in [0.05, 0.1) is 5.02 Å². The number of benzene rings is 1. The molecule has 16 heavy (non-hydrogen) atoms. The molecule has 0 atom stereocenters. The molecule has 1 heterocycles. The van der Waals surface area contributed by atoms with Crippen molar-refractivity contribution in [3.63, 3.8) is 0 Å². The maximum atomic E-state index is 9.75. The number of hydrogen-bond donors (Lipinski definition) is 0. The zero-order valence-corrected chi connectivity index (χ0v) is 10.4. The van der Waals surface area contributed by atoms with E-state index in [0.29, 0.717) is 10.0 Å². The third-order valence-corrected chi connectivity index (χ3v) is 3.56. The molecule has 2 rings (SSSR count). The van der Waals surface area contributed by atoms with E-state index in [0.717, 1.165) is 10.2 Å². The van der Waals surface area contributed by atoms with Gasteiger partial charge in [0, 0.05) is 11.1 Å². The van der Waals surface area contributed by atoms with Gasteiger partial charge < -0.3 is 17.3 Å². The van der Waals surface area contributed by atoms with Crippen LogP contribution in [0, 0.1) is 0 Å². The molecule has 0 saturated carbocycles. The third-order valence-electron chi connectivity index (χ3n) is 1.25. The molecule has 2 aromatic rings. The van der Waals surface area contributed by atoms with Crippen molar-refractivity contribution in [2.75, 3.05) is 0 Å². The molecule has 0 aliphatic heterocycles. The Kier molecular flexibility index (Phi) is 4.72. The Balaban J connectivity index is 0.000000221. The van der Waals surface area contributed by atoms with Crippen LogP contribution in [0.25, 0.3) is 10.2 Å². The van der Waals surface area contributed by atoms with Crippen LogP contribution in [0.5, 0.6) is 0 Å². The molecular formula is C6H2BCl2F4NS2. The fourth-order valence-electron chi connectivity index (χ4n) is 0.791. The second-order valence-corrected chi connectivity index (χ2v) is 5.21. The van der Waals surface area contributed by atoms with Gasteiger partial charge in [-0.05, 0) is 6.07 Å². The van der Waals surface area contributed by atoms with Crippen LogP contribution in [0.15, 0.2) is 12.1 Å². The number of nitrogens with zero attached hydrogens (tertiary/aromatic N) is 1. The van der Waals surface area contributed by atoms with Gasteiger partial charge in [-0.1, -0.05) is 23.2 Å². The van der Waals surface area contributed by atoms with E-state index in [1.165, 1.54) is 10.5 Å². The van der Waals surface area contributed by atoms with Crippen molar-refractivity contribution in [3.8, 4) is 0 Å². The maximum absolute atomic E-state index is 9.75. The van der Waals surface area contributed by atoms with Crippen LogP contribution in [0.1, 0.15) is 0 Å². The summed E-state index contributed by atoms with van der Waals surface area (Å²) in [6.07, 6.45) is 0. The van der Waals surface area contributed by atoms with E-state index >= 15 is 0 Å². The highest BCUT2D eigenvalue weighted by atomic mass is 35.5. The standard InChI is InChI=1S/C6H2Cl2NS2.BF4/c7-3-1-4(8)6-5(2-3)10-11-9-6;2-1(3,4)5/h1-2H;/q+1;-1. The zero-order chi connectivity index (χ0) is 12.3. The minimum Gasteiger partial charge on any atom is -0.418 e. The first-order valence-electron chi connectivity index (χ1n) is 3.68. The van der Waals surface area contributed by atoms with Crippen molar-refractivity contribution in [1.82, 2.24) is 4.37 Å². The molecule has 0 amide bonds. The number of fused-ring (bicyclic) bond motifs is 1. The molecule has 0 N–H and O–H groups in total. The molecule has 1 aromatic heterocycles. The van der Waals surface area contributed by atoms with E-state index in [4.69, 9.17) is 23.2 Å². The van der Waals surface area contributed by atoms with Gasteiger partial charge in [0.1, 0.15) is 0 Å². The SMILES string of the molecule is Clc1cc(Cl)c2ns[s+]c2c1.F[B-](F)(F)F. The highest BCUT2D eigenvalue weighted by Gasteiger charge is 2.20. The van der Waals surface area contributed by atoms with Gasteiger partial charge in [-0.2, -0.15) is 0 Å². The molecule has 10 heteroatoms. The maximum Gasteiger partial charge on any atom is 0.673 e. The third kappa shape index (κ3) is 4.77. The minimum absolute atomic E-state index is 0.630. The molecule has 0 aliphatic carbocycles. The Hall–Kier alpha value is -0.175. The van der Waals surface area contributed by atoms with Gasteiger partial charge in [-0.15, -0.1) is 4.37 Å². The lowest BCUT2D eigenvalue weighted by Gasteiger charge is -1.94. The Morgan fingerprint density at radius 3 is 2.31 bits per heavy atom. The first-order valence-corrected chi connectivity index (χ1v) is 6.55. The molecule has 0 fully saturated rings. The lowest BCUT2D eigenvalue weighted by atomic mass is 10.3. The predicted molar refractivity (Wildman–Crippen MR) is 62.1 cm³/mol. The first kappa shape index (κ1) is 13.9. The fourth-order valence-corrected chi connectivity index (χ4v) is 3.31. The molecular weight excluding hydrogens is 308 g/mol. The molecule has 0 radical (unpaired) electrons. The Morgan fingerprint density at radius 2 is 1.75 bits per heavy atom. The monoisotopic (exact) mass is 309 g/mol. The van der Waals surface area contributed by atoms with Crippen molar-refractivity contribution >= 4 is 61.5 Å². The quantitative estimate of drug-likeness (QED) is 0.280. The molecule has 0 bridgehead atoms. The number of halogens is 6. The average molecular weight is 310 g/mol. The minimum atomic E-state index is -6.00. The lowest BCUT2D eigenvalue weighted by molar-refractivity contribution is 0.368. The summed E-state index contributed by atoms with van der Waals surface area (Å²) in [6, 6.07) is 3.58. The van der Waals surface area contributed by atoms with Crippen LogP contribution in [0.3, 0.4) is 0 Å². The summed E-state index contributed by atoms with van der Waals surface area (Å²) in [4.78, 5) is 0. The van der Waals surface area contributed by atoms with Crippen molar-refractivity contribution in [1.29, 1.82) is 0 Å². The van der Waals surface area contributed by atoms with E-state index in [1.807, 2.05) is 6.07 Å². The van der Waals surface area contributed by atoms with Crippen LogP contribution >= 0.6 is 44.1 Å². The van der Waals surface area contributed by atoms with E-state index in [2.05, 4.69) is 4.37 Å². The summed E-state index contributed by atoms with van der Waals surface area (Å²) < 4.78 is 44.2. The van der Waals surface area contributed by atoms with Crippen molar-refractivity contribution < 1.29 is 17.3 Å².